The minimum Gasteiger partial charge on any atom is -0.481 e. The summed E-state index contributed by atoms with van der Waals surface area (Å²) in [7, 11) is 0. The summed E-state index contributed by atoms with van der Waals surface area (Å²) in [4.78, 5) is 26.7. The van der Waals surface area contributed by atoms with Crippen LogP contribution in [-0.4, -0.2) is 46.5 Å². The van der Waals surface area contributed by atoms with Crippen molar-refractivity contribution in [2.75, 3.05) is 19.6 Å². The lowest BCUT2D eigenvalue weighted by Gasteiger charge is -2.26. The number of likely N-dealkylation sites (tertiary alicyclic amines) is 1. The van der Waals surface area contributed by atoms with Gasteiger partial charge in [-0.3, -0.25) is 4.79 Å². The molecule has 1 atom stereocenters. The van der Waals surface area contributed by atoms with Crippen LogP contribution >= 0.6 is 0 Å². The lowest BCUT2D eigenvalue weighted by atomic mass is 10.0. The molecule has 2 heterocycles. The van der Waals surface area contributed by atoms with E-state index in [1.807, 2.05) is 24.0 Å². The van der Waals surface area contributed by atoms with Crippen LogP contribution in [0, 0.1) is 5.92 Å². The molecule has 1 aliphatic rings. The second kappa shape index (κ2) is 7.15. The number of rotatable bonds is 6. The van der Waals surface area contributed by atoms with Gasteiger partial charge in [-0.05, 0) is 37.8 Å². The third-order valence-corrected chi connectivity index (χ3v) is 3.90. The van der Waals surface area contributed by atoms with Gasteiger partial charge in [-0.25, -0.2) is 4.79 Å². The second-order valence-corrected chi connectivity index (χ2v) is 5.41. The van der Waals surface area contributed by atoms with Crippen LogP contribution < -0.4 is 0 Å². The molecule has 6 heteroatoms. The molecule has 6 nitrogen and oxygen atoms in total. The smallest absolute Gasteiger partial charge is 0.320 e. The molecular weight excluding hydrogens is 272 g/mol. The fraction of sp³-hybridized carbons (Fsp3) is 0.600. The van der Waals surface area contributed by atoms with E-state index in [4.69, 9.17) is 9.52 Å². The number of hydrogen-bond donors (Lipinski definition) is 1. The minimum absolute atomic E-state index is 0.00623. The van der Waals surface area contributed by atoms with Gasteiger partial charge in [0, 0.05) is 26.1 Å². The fourth-order valence-electron chi connectivity index (χ4n) is 2.67. The third-order valence-electron chi connectivity index (χ3n) is 3.90. The summed E-state index contributed by atoms with van der Waals surface area (Å²) in [6.07, 6.45) is 3.31. The van der Waals surface area contributed by atoms with Crippen molar-refractivity contribution in [1.82, 2.24) is 9.80 Å². The number of urea groups is 1. The standard InChI is InChI=1S/C15H22N2O4/c1-2-16(11-13-4-3-9-21-13)15(20)17-8-7-12(10-17)5-6-14(18)19/h3-4,9,12H,2,5-8,10-11H2,1H3,(H,18,19). The highest BCUT2D eigenvalue weighted by molar-refractivity contribution is 5.74. The number of furan rings is 1. The SMILES string of the molecule is CCN(Cc1ccco1)C(=O)N1CCC(CCC(=O)O)C1. The molecule has 1 saturated heterocycles. The molecule has 0 saturated carbocycles. The number of carbonyl (C=O) groups excluding carboxylic acids is 1. The molecule has 1 aromatic rings. The number of amides is 2. The van der Waals surface area contributed by atoms with Gasteiger partial charge in [-0.2, -0.15) is 0 Å². The normalized spacial score (nSPS) is 18.0. The Morgan fingerprint density at radius 3 is 2.95 bits per heavy atom. The molecule has 1 aliphatic heterocycles. The molecule has 1 fully saturated rings. The van der Waals surface area contributed by atoms with Gasteiger partial charge in [-0.15, -0.1) is 0 Å². The Labute approximate surface area is 124 Å². The van der Waals surface area contributed by atoms with E-state index in [0.29, 0.717) is 38.5 Å². The lowest BCUT2D eigenvalue weighted by Crippen LogP contribution is -2.41. The quantitative estimate of drug-likeness (QED) is 0.874. The van der Waals surface area contributed by atoms with Crippen LogP contribution in [0.4, 0.5) is 4.79 Å². The first kappa shape index (κ1) is 15.4. The van der Waals surface area contributed by atoms with E-state index >= 15 is 0 Å². The monoisotopic (exact) mass is 294 g/mol. The number of hydrogen-bond acceptors (Lipinski definition) is 3. The predicted molar refractivity (Wildman–Crippen MR) is 76.7 cm³/mol. The van der Waals surface area contributed by atoms with Gasteiger partial charge in [-0.1, -0.05) is 0 Å². The maximum Gasteiger partial charge on any atom is 0.320 e. The van der Waals surface area contributed by atoms with E-state index in [2.05, 4.69) is 0 Å². The van der Waals surface area contributed by atoms with Crippen molar-refractivity contribution in [3.05, 3.63) is 24.2 Å². The summed E-state index contributed by atoms with van der Waals surface area (Å²) in [6, 6.07) is 3.67. The Bertz CT molecular complexity index is 472. The Kier molecular flexibility index (Phi) is 5.25. The molecule has 0 aromatic carbocycles. The highest BCUT2D eigenvalue weighted by Crippen LogP contribution is 2.22. The molecule has 0 radical (unpaired) electrons. The van der Waals surface area contributed by atoms with Crippen molar-refractivity contribution in [2.24, 2.45) is 5.92 Å². The molecule has 1 N–H and O–H groups in total. The number of aliphatic carboxylic acids is 1. The highest BCUT2D eigenvalue weighted by Gasteiger charge is 2.29. The molecule has 0 spiro atoms. The van der Waals surface area contributed by atoms with E-state index in [-0.39, 0.29) is 12.5 Å². The van der Waals surface area contributed by atoms with E-state index in [0.717, 1.165) is 12.2 Å². The Morgan fingerprint density at radius 1 is 1.52 bits per heavy atom. The fourth-order valence-corrected chi connectivity index (χ4v) is 2.67. The summed E-state index contributed by atoms with van der Waals surface area (Å²) in [5, 5.41) is 8.72. The van der Waals surface area contributed by atoms with Gasteiger partial charge < -0.3 is 19.3 Å². The first-order valence-corrected chi connectivity index (χ1v) is 7.38. The lowest BCUT2D eigenvalue weighted by molar-refractivity contribution is -0.137. The maximum absolute atomic E-state index is 12.5. The van der Waals surface area contributed by atoms with Crippen LogP contribution in [0.25, 0.3) is 0 Å². The van der Waals surface area contributed by atoms with Gasteiger partial charge in [0.2, 0.25) is 0 Å². The van der Waals surface area contributed by atoms with Crippen molar-refractivity contribution in [3.63, 3.8) is 0 Å². The topological polar surface area (TPSA) is 74.0 Å². The maximum atomic E-state index is 12.5. The van der Waals surface area contributed by atoms with Crippen LogP contribution in [0.1, 0.15) is 31.9 Å². The van der Waals surface area contributed by atoms with E-state index in [1.165, 1.54) is 0 Å². The summed E-state index contributed by atoms with van der Waals surface area (Å²) in [6.45, 7) is 4.39. The first-order valence-electron chi connectivity index (χ1n) is 7.38. The van der Waals surface area contributed by atoms with Gasteiger partial charge in [0.15, 0.2) is 0 Å². The summed E-state index contributed by atoms with van der Waals surface area (Å²) >= 11 is 0. The largest absolute Gasteiger partial charge is 0.481 e. The van der Waals surface area contributed by atoms with Crippen molar-refractivity contribution in [1.29, 1.82) is 0 Å². The molecule has 2 amide bonds. The van der Waals surface area contributed by atoms with Gasteiger partial charge in [0.1, 0.15) is 5.76 Å². The molecule has 1 unspecified atom stereocenters. The van der Waals surface area contributed by atoms with Crippen LogP contribution in [0.2, 0.25) is 0 Å². The van der Waals surface area contributed by atoms with Gasteiger partial charge >= 0.3 is 12.0 Å². The summed E-state index contributed by atoms with van der Waals surface area (Å²) < 4.78 is 5.29. The average molecular weight is 294 g/mol. The van der Waals surface area contributed by atoms with Crippen molar-refractivity contribution >= 4 is 12.0 Å². The van der Waals surface area contributed by atoms with Crippen molar-refractivity contribution in [3.8, 4) is 0 Å². The highest BCUT2D eigenvalue weighted by atomic mass is 16.4. The van der Waals surface area contributed by atoms with Crippen LogP contribution in [0.5, 0.6) is 0 Å². The Balaban J connectivity index is 1.85. The summed E-state index contributed by atoms with van der Waals surface area (Å²) in [5.74, 6) is 0.298. The molecule has 21 heavy (non-hydrogen) atoms. The summed E-state index contributed by atoms with van der Waals surface area (Å²) in [5.41, 5.74) is 0. The number of carboxylic acid groups (broad SMARTS) is 1. The zero-order valence-electron chi connectivity index (χ0n) is 12.3. The first-order chi connectivity index (χ1) is 10.1. The Hall–Kier alpha value is -1.98. The zero-order valence-corrected chi connectivity index (χ0v) is 12.3. The molecule has 2 rings (SSSR count). The molecule has 0 aliphatic carbocycles. The Morgan fingerprint density at radius 2 is 2.33 bits per heavy atom. The van der Waals surface area contributed by atoms with Crippen molar-refractivity contribution < 1.29 is 19.1 Å². The molecule has 1 aromatic heterocycles. The van der Waals surface area contributed by atoms with E-state index < -0.39 is 5.97 Å². The predicted octanol–water partition coefficient (Wildman–Crippen LogP) is 2.41. The average Bonchev–Trinajstić information content (AvgIpc) is 3.13. The minimum atomic E-state index is -0.771. The van der Waals surface area contributed by atoms with Crippen molar-refractivity contribution in [2.45, 2.75) is 32.7 Å². The number of nitrogens with zero attached hydrogens (tertiary/aromatic N) is 2. The number of carboxylic acids is 1. The molecule has 0 bridgehead atoms. The van der Waals surface area contributed by atoms with E-state index in [9.17, 15) is 9.59 Å². The van der Waals surface area contributed by atoms with E-state index in [1.54, 1.807) is 11.2 Å². The second-order valence-electron chi connectivity index (χ2n) is 5.41. The van der Waals surface area contributed by atoms with Crippen LogP contribution in [0.15, 0.2) is 22.8 Å². The van der Waals surface area contributed by atoms with Crippen LogP contribution in [0.3, 0.4) is 0 Å². The number of carbonyl (C=O) groups is 2. The van der Waals surface area contributed by atoms with Gasteiger partial charge in [0.25, 0.3) is 0 Å². The molecular formula is C15H22N2O4. The third kappa shape index (κ3) is 4.24. The zero-order chi connectivity index (χ0) is 15.2. The molecule has 116 valence electrons. The van der Waals surface area contributed by atoms with Crippen LogP contribution in [-0.2, 0) is 11.3 Å². The van der Waals surface area contributed by atoms with Gasteiger partial charge in [0.05, 0.1) is 12.8 Å².